The summed E-state index contributed by atoms with van der Waals surface area (Å²) in [4.78, 5) is 13.7. The molecular formula is C21H22N2O4S. The van der Waals surface area contributed by atoms with Gasteiger partial charge in [-0.3, -0.25) is 0 Å². The van der Waals surface area contributed by atoms with Crippen LogP contribution in [0.5, 0.6) is 0 Å². The van der Waals surface area contributed by atoms with Gasteiger partial charge in [-0.1, -0.05) is 18.2 Å². The first-order valence-electron chi connectivity index (χ1n) is 9.39. The number of nitrogens with one attached hydrogen (secondary N) is 1. The Morgan fingerprint density at radius 2 is 1.93 bits per heavy atom. The van der Waals surface area contributed by atoms with Crippen LogP contribution in [0.4, 0.5) is 5.69 Å². The van der Waals surface area contributed by atoms with E-state index < -0.39 is 15.6 Å². The zero-order valence-corrected chi connectivity index (χ0v) is 16.2. The van der Waals surface area contributed by atoms with Gasteiger partial charge in [-0.25, -0.2) is 17.9 Å². The van der Waals surface area contributed by atoms with Crippen molar-refractivity contribution in [3.8, 4) is 0 Å². The second kappa shape index (κ2) is 7.77. The van der Waals surface area contributed by atoms with E-state index in [2.05, 4.69) is 27.8 Å². The first-order chi connectivity index (χ1) is 13.5. The van der Waals surface area contributed by atoms with Crippen LogP contribution in [0.2, 0.25) is 0 Å². The Hall–Kier alpha value is -2.64. The predicted molar refractivity (Wildman–Crippen MR) is 109 cm³/mol. The van der Waals surface area contributed by atoms with Gasteiger partial charge >= 0.3 is 5.63 Å². The summed E-state index contributed by atoms with van der Waals surface area (Å²) in [7, 11) is -3.61. The lowest BCUT2D eigenvalue weighted by Gasteiger charge is -2.31. The van der Waals surface area contributed by atoms with E-state index in [0.29, 0.717) is 17.5 Å². The van der Waals surface area contributed by atoms with Crippen LogP contribution in [0, 0.1) is 0 Å². The summed E-state index contributed by atoms with van der Waals surface area (Å²) in [6.07, 6.45) is 2.94. The SMILES string of the molecule is O=c1ccc2cc(S(=O)(=O)NCCCN3CCCc4ccccc43)ccc2o1. The van der Waals surface area contributed by atoms with E-state index in [9.17, 15) is 13.2 Å². The number of aryl methyl sites for hydroxylation is 1. The van der Waals surface area contributed by atoms with Crippen molar-refractivity contribution in [1.82, 2.24) is 4.72 Å². The van der Waals surface area contributed by atoms with E-state index in [4.69, 9.17) is 4.42 Å². The maximum absolute atomic E-state index is 12.6. The van der Waals surface area contributed by atoms with Crippen molar-refractivity contribution < 1.29 is 12.8 Å². The molecule has 2 aromatic carbocycles. The highest BCUT2D eigenvalue weighted by molar-refractivity contribution is 7.89. The van der Waals surface area contributed by atoms with E-state index in [1.54, 1.807) is 6.07 Å². The van der Waals surface area contributed by atoms with E-state index in [-0.39, 0.29) is 4.90 Å². The summed E-state index contributed by atoms with van der Waals surface area (Å²) in [5, 5.41) is 0.576. The van der Waals surface area contributed by atoms with Crippen LogP contribution in [0.25, 0.3) is 11.0 Å². The van der Waals surface area contributed by atoms with Gasteiger partial charge in [-0.2, -0.15) is 0 Å². The molecule has 0 amide bonds. The van der Waals surface area contributed by atoms with E-state index in [1.165, 1.54) is 35.5 Å². The summed E-state index contributed by atoms with van der Waals surface area (Å²) in [6.45, 7) is 2.17. The Morgan fingerprint density at radius 1 is 1.07 bits per heavy atom. The zero-order chi connectivity index (χ0) is 19.6. The smallest absolute Gasteiger partial charge is 0.336 e. The molecule has 0 saturated carbocycles. The molecule has 4 rings (SSSR count). The molecule has 28 heavy (non-hydrogen) atoms. The van der Waals surface area contributed by atoms with Gasteiger partial charge < -0.3 is 9.32 Å². The summed E-state index contributed by atoms with van der Waals surface area (Å²) in [5.41, 5.74) is 2.53. The minimum absolute atomic E-state index is 0.164. The van der Waals surface area contributed by atoms with Crippen LogP contribution >= 0.6 is 0 Å². The van der Waals surface area contributed by atoms with E-state index >= 15 is 0 Å². The van der Waals surface area contributed by atoms with E-state index in [1.807, 2.05) is 6.07 Å². The molecule has 1 N–H and O–H groups in total. The van der Waals surface area contributed by atoms with Crippen LogP contribution in [0.1, 0.15) is 18.4 Å². The Kier molecular flexibility index (Phi) is 5.19. The van der Waals surface area contributed by atoms with Gasteiger partial charge in [-0.05, 0) is 55.2 Å². The fourth-order valence-corrected chi connectivity index (χ4v) is 4.73. The Labute approximate surface area is 163 Å². The molecule has 3 aromatic rings. The molecule has 0 fully saturated rings. The van der Waals surface area contributed by atoms with E-state index in [0.717, 1.165) is 32.4 Å². The molecule has 0 radical (unpaired) electrons. The van der Waals surface area contributed by atoms with Crippen molar-refractivity contribution in [1.29, 1.82) is 0 Å². The van der Waals surface area contributed by atoms with Crippen LogP contribution in [0.15, 0.2) is 68.7 Å². The van der Waals surface area contributed by atoms with Crippen LogP contribution in [-0.2, 0) is 16.4 Å². The van der Waals surface area contributed by atoms with Crippen molar-refractivity contribution in [3.63, 3.8) is 0 Å². The van der Waals surface area contributed by atoms with Crippen molar-refractivity contribution in [2.75, 3.05) is 24.5 Å². The molecule has 1 aromatic heterocycles. The summed E-state index contributed by atoms with van der Waals surface area (Å²) in [5.74, 6) is 0. The summed E-state index contributed by atoms with van der Waals surface area (Å²) in [6, 6.07) is 15.7. The molecule has 0 atom stereocenters. The number of sulfonamides is 1. The molecule has 7 heteroatoms. The summed E-state index contributed by atoms with van der Waals surface area (Å²) >= 11 is 0. The lowest BCUT2D eigenvalue weighted by molar-refractivity contribution is 0.560. The van der Waals surface area contributed by atoms with Gasteiger partial charge in [0.1, 0.15) is 5.58 Å². The predicted octanol–water partition coefficient (Wildman–Crippen LogP) is 2.91. The zero-order valence-electron chi connectivity index (χ0n) is 15.4. The van der Waals surface area contributed by atoms with Crippen molar-refractivity contribution in [2.45, 2.75) is 24.2 Å². The largest absolute Gasteiger partial charge is 0.423 e. The number of nitrogens with zero attached hydrogens (tertiary/aromatic N) is 1. The summed E-state index contributed by atoms with van der Waals surface area (Å²) < 4.78 is 32.9. The van der Waals surface area contributed by atoms with Crippen LogP contribution in [-0.4, -0.2) is 28.1 Å². The molecule has 1 aliphatic rings. The second-order valence-corrected chi connectivity index (χ2v) is 8.69. The molecule has 146 valence electrons. The molecular weight excluding hydrogens is 376 g/mol. The third-order valence-corrected chi connectivity index (χ3v) is 6.46. The highest BCUT2D eigenvalue weighted by atomic mass is 32.2. The monoisotopic (exact) mass is 398 g/mol. The van der Waals surface area contributed by atoms with Gasteiger partial charge in [0.05, 0.1) is 4.90 Å². The highest BCUT2D eigenvalue weighted by Crippen LogP contribution is 2.26. The Bertz CT molecular complexity index is 1150. The molecule has 0 saturated heterocycles. The fourth-order valence-electron chi connectivity index (χ4n) is 3.62. The lowest BCUT2D eigenvalue weighted by Crippen LogP contribution is -2.33. The Morgan fingerprint density at radius 3 is 2.82 bits per heavy atom. The molecule has 2 heterocycles. The number of rotatable bonds is 6. The van der Waals surface area contributed by atoms with Gasteiger partial charge in [0, 0.05) is 36.8 Å². The highest BCUT2D eigenvalue weighted by Gasteiger charge is 2.17. The maximum Gasteiger partial charge on any atom is 0.336 e. The minimum atomic E-state index is -3.61. The number of fused-ring (bicyclic) bond motifs is 2. The number of anilines is 1. The molecule has 0 aliphatic carbocycles. The molecule has 6 nitrogen and oxygen atoms in total. The molecule has 0 bridgehead atoms. The number of para-hydroxylation sites is 1. The van der Waals surface area contributed by atoms with Crippen molar-refractivity contribution >= 4 is 26.7 Å². The average Bonchev–Trinajstić information content (AvgIpc) is 2.71. The first-order valence-corrected chi connectivity index (χ1v) is 10.9. The topological polar surface area (TPSA) is 79.6 Å². The minimum Gasteiger partial charge on any atom is -0.423 e. The number of benzene rings is 2. The molecule has 0 spiro atoms. The number of hydrogen-bond donors (Lipinski definition) is 1. The maximum atomic E-state index is 12.6. The first kappa shape index (κ1) is 18.7. The number of hydrogen-bond acceptors (Lipinski definition) is 5. The van der Waals surface area contributed by atoms with Crippen molar-refractivity contribution in [3.05, 3.63) is 70.6 Å². The Balaban J connectivity index is 1.38. The lowest BCUT2D eigenvalue weighted by atomic mass is 10.0. The third kappa shape index (κ3) is 3.95. The van der Waals surface area contributed by atoms with Gasteiger partial charge in [0.2, 0.25) is 10.0 Å². The third-order valence-electron chi connectivity index (χ3n) is 5.00. The van der Waals surface area contributed by atoms with Gasteiger partial charge in [-0.15, -0.1) is 0 Å². The average molecular weight is 398 g/mol. The molecule has 1 aliphatic heterocycles. The molecule has 0 unspecified atom stereocenters. The standard InChI is InChI=1S/C21H22N2O4S/c24-21-11-8-17-15-18(9-10-20(17)27-21)28(25,26)22-12-4-14-23-13-3-6-16-5-1-2-7-19(16)23/h1-2,5,7-11,15,22H,3-4,6,12-14H2. The van der Waals surface area contributed by atoms with Crippen LogP contribution in [0.3, 0.4) is 0 Å². The van der Waals surface area contributed by atoms with Gasteiger partial charge in [0.25, 0.3) is 0 Å². The quantitative estimate of drug-likeness (QED) is 0.510. The normalized spacial score (nSPS) is 14.2. The second-order valence-electron chi connectivity index (χ2n) is 6.92. The fraction of sp³-hybridized carbons (Fsp3) is 0.286. The van der Waals surface area contributed by atoms with Crippen LogP contribution < -0.4 is 15.2 Å². The van der Waals surface area contributed by atoms with Crippen molar-refractivity contribution in [2.24, 2.45) is 0 Å². The van der Waals surface area contributed by atoms with Gasteiger partial charge in [0.15, 0.2) is 0 Å².